The Kier molecular flexibility index (Phi) is 5.29. The van der Waals surface area contributed by atoms with Gasteiger partial charge in [0.25, 0.3) is 0 Å². The second-order valence-electron chi connectivity index (χ2n) is 1.69. The number of rotatable bonds is 1. The van der Waals surface area contributed by atoms with Gasteiger partial charge in [-0.3, -0.25) is 0 Å². The van der Waals surface area contributed by atoms with Gasteiger partial charge in [-0.1, -0.05) is 6.58 Å². The van der Waals surface area contributed by atoms with E-state index in [9.17, 15) is 4.79 Å². The summed E-state index contributed by atoms with van der Waals surface area (Å²) in [5.41, 5.74) is -0.431. The van der Waals surface area contributed by atoms with E-state index in [1.165, 1.54) is 25.1 Å². The molecule has 0 spiro atoms. The van der Waals surface area contributed by atoms with Crippen LogP contribution in [0.4, 0.5) is 0 Å². The zero-order chi connectivity index (χ0) is 10.1. The van der Waals surface area contributed by atoms with Gasteiger partial charge in [-0.25, -0.2) is 19.7 Å². The van der Waals surface area contributed by atoms with E-state index in [4.69, 9.17) is 10.4 Å². The molecular formula is C7H6N4O2. The Hall–Kier alpha value is -2.29. The zero-order valence-electron chi connectivity index (χ0n) is 6.58. The van der Waals surface area contributed by atoms with Crippen molar-refractivity contribution >= 4 is 5.97 Å². The van der Waals surface area contributed by atoms with E-state index in [0.717, 1.165) is 0 Å². The molecule has 0 saturated heterocycles. The molecule has 0 aliphatic rings. The molecule has 0 atom stereocenters. The molecule has 1 aromatic rings. The highest BCUT2D eigenvalue weighted by atomic mass is 16.4. The highest BCUT2D eigenvalue weighted by Crippen LogP contribution is 1.81. The third-order valence-electron chi connectivity index (χ3n) is 0.793. The van der Waals surface area contributed by atoms with Gasteiger partial charge in [0.15, 0.2) is 0 Å². The molecule has 0 radical (unpaired) electrons. The maximum atomic E-state index is 9.61. The summed E-state index contributed by atoms with van der Waals surface area (Å²) in [5.74, 6) is -1.26. The van der Waals surface area contributed by atoms with Crippen molar-refractivity contribution < 1.29 is 9.90 Å². The van der Waals surface area contributed by atoms with Gasteiger partial charge < -0.3 is 5.11 Å². The van der Waals surface area contributed by atoms with Crippen LogP contribution in [0.1, 0.15) is 0 Å². The van der Waals surface area contributed by atoms with Gasteiger partial charge in [0.05, 0.1) is 0 Å². The molecule has 66 valence electrons. The van der Waals surface area contributed by atoms with Gasteiger partial charge in [-0.05, 0) is 0 Å². The monoisotopic (exact) mass is 178 g/mol. The van der Waals surface area contributed by atoms with Crippen molar-refractivity contribution in [1.29, 1.82) is 5.26 Å². The first-order chi connectivity index (χ1) is 6.18. The molecule has 0 unspecified atom stereocenters. The quantitative estimate of drug-likeness (QED) is 0.480. The molecule has 13 heavy (non-hydrogen) atoms. The van der Waals surface area contributed by atoms with Gasteiger partial charge in [0.1, 0.15) is 30.6 Å². The zero-order valence-corrected chi connectivity index (χ0v) is 6.58. The van der Waals surface area contributed by atoms with Crippen molar-refractivity contribution in [1.82, 2.24) is 15.0 Å². The van der Waals surface area contributed by atoms with Gasteiger partial charge in [0, 0.05) is 0 Å². The number of carboxylic acid groups (broad SMARTS) is 1. The lowest BCUT2D eigenvalue weighted by Crippen LogP contribution is -1.94. The Morgan fingerprint density at radius 1 is 1.31 bits per heavy atom. The molecular weight excluding hydrogens is 172 g/mol. The predicted molar refractivity (Wildman–Crippen MR) is 42.2 cm³/mol. The van der Waals surface area contributed by atoms with Gasteiger partial charge in [0.2, 0.25) is 0 Å². The third kappa shape index (κ3) is 6.12. The van der Waals surface area contributed by atoms with Crippen LogP contribution in [0.25, 0.3) is 0 Å². The van der Waals surface area contributed by atoms with Crippen molar-refractivity contribution in [3.8, 4) is 6.07 Å². The molecule has 6 heteroatoms. The van der Waals surface area contributed by atoms with Crippen LogP contribution in [0.2, 0.25) is 0 Å². The van der Waals surface area contributed by atoms with Crippen molar-refractivity contribution in [2.45, 2.75) is 0 Å². The second-order valence-corrected chi connectivity index (χ2v) is 1.69. The van der Waals surface area contributed by atoms with E-state index in [1.807, 2.05) is 0 Å². The largest absolute Gasteiger partial charge is 0.477 e. The topological polar surface area (TPSA) is 99.8 Å². The molecule has 6 nitrogen and oxygen atoms in total. The minimum Gasteiger partial charge on any atom is -0.477 e. The van der Waals surface area contributed by atoms with E-state index >= 15 is 0 Å². The number of aliphatic carboxylic acids is 1. The van der Waals surface area contributed by atoms with Crippen LogP contribution in [-0.2, 0) is 4.79 Å². The lowest BCUT2D eigenvalue weighted by molar-refractivity contribution is -0.132. The molecule has 1 heterocycles. The summed E-state index contributed by atoms with van der Waals surface area (Å²) in [6.45, 7) is 2.91. The first-order valence-corrected chi connectivity index (χ1v) is 3.05. The minimum absolute atomic E-state index is 0.431. The fourth-order valence-corrected chi connectivity index (χ4v) is 0.253. The molecule has 0 fully saturated rings. The average Bonchev–Trinajstić information content (AvgIpc) is 2.20. The molecule has 1 rings (SSSR count). The maximum absolute atomic E-state index is 9.61. The molecule has 0 saturated carbocycles. The Balaban J connectivity index is 0.000000223. The number of aromatic nitrogens is 3. The SMILES string of the molecule is C=C(C#N)C(=O)O.c1ncncn1. The van der Waals surface area contributed by atoms with E-state index in [2.05, 4.69) is 21.5 Å². The molecule has 0 aromatic carbocycles. The Bertz CT molecular complexity index is 290. The van der Waals surface area contributed by atoms with Gasteiger partial charge in [-0.2, -0.15) is 5.26 Å². The van der Waals surface area contributed by atoms with E-state index in [0.29, 0.717) is 0 Å². The molecule has 0 amide bonds. The third-order valence-corrected chi connectivity index (χ3v) is 0.793. The van der Waals surface area contributed by atoms with Crippen molar-refractivity contribution in [3.63, 3.8) is 0 Å². The van der Waals surface area contributed by atoms with Crippen LogP contribution in [-0.4, -0.2) is 26.0 Å². The predicted octanol–water partition coefficient (Wildman–Crippen LogP) is 0.0224. The fourth-order valence-electron chi connectivity index (χ4n) is 0.253. The number of hydrogen-bond acceptors (Lipinski definition) is 5. The summed E-state index contributed by atoms with van der Waals surface area (Å²) >= 11 is 0. The van der Waals surface area contributed by atoms with Crippen LogP contribution < -0.4 is 0 Å². The number of carbonyl (C=O) groups is 1. The van der Waals surface area contributed by atoms with Crippen molar-refractivity contribution in [2.75, 3.05) is 0 Å². The summed E-state index contributed by atoms with van der Waals surface area (Å²) in [6.07, 6.45) is 4.31. The molecule has 0 aliphatic heterocycles. The standard InChI is InChI=1S/C4H3NO2.C3H3N3/c1-3(2-5)4(6)7;1-4-2-6-3-5-1/h1H2,(H,6,7);1-3H. The van der Waals surface area contributed by atoms with Crippen molar-refractivity contribution in [2.24, 2.45) is 0 Å². The number of hydrogen-bond donors (Lipinski definition) is 1. The average molecular weight is 178 g/mol. The molecule has 0 aliphatic carbocycles. The summed E-state index contributed by atoms with van der Waals surface area (Å²) in [6, 6.07) is 1.37. The first-order valence-electron chi connectivity index (χ1n) is 3.05. The van der Waals surface area contributed by atoms with Crippen LogP contribution in [0, 0.1) is 11.3 Å². The lowest BCUT2D eigenvalue weighted by Gasteiger charge is -1.76. The summed E-state index contributed by atoms with van der Waals surface area (Å²) in [4.78, 5) is 20.3. The van der Waals surface area contributed by atoms with Crippen molar-refractivity contribution in [3.05, 3.63) is 31.1 Å². The highest BCUT2D eigenvalue weighted by Gasteiger charge is 1.97. The van der Waals surface area contributed by atoms with Crippen LogP contribution in [0.3, 0.4) is 0 Å². The minimum atomic E-state index is -1.26. The number of nitriles is 1. The Morgan fingerprint density at radius 2 is 1.69 bits per heavy atom. The van der Waals surface area contributed by atoms with E-state index in [-0.39, 0.29) is 0 Å². The van der Waals surface area contributed by atoms with E-state index in [1.54, 1.807) is 0 Å². The van der Waals surface area contributed by atoms with Gasteiger partial charge >= 0.3 is 5.97 Å². The second kappa shape index (κ2) is 6.42. The Morgan fingerprint density at radius 3 is 1.77 bits per heavy atom. The smallest absolute Gasteiger partial charge is 0.345 e. The first kappa shape index (κ1) is 10.7. The van der Waals surface area contributed by atoms with E-state index < -0.39 is 11.5 Å². The maximum Gasteiger partial charge on any atom is 0.345 e. The Labute approximate surface area is 74.2 Å². The summed E-state index contributed by atoms with van der Waals surface area (Å²) in [5, 5.41) is 15.6. The van der Waals surface area contributed by atoms with Gasteiger partial charge in [-0.15, -0.1) is 0 Å². The molecule has 0 bridgehead atoms. The number of nitrogens with zero attached hydrogens (tertiary/aromatic N) is 4. The molecule has 1 N–H and O–H groups in total. The normalized spacial score (nSPS) is 7.31. The number of carboxylic acids is 1. The lowest BCUT2D eigenvalue weighted by atomic mass is 10.4. The fraction of sp³-hybridized carbons (Fsp3) is 0. The molecule has 1 aromatic heterocycles. The van der Waals surface area contributed by atoms with Crippen LogP contribution >= 0.6 is 0 Å². The highest BCUT2D eigenvalue weighted by molar-refractivity contribution is 5.90. The van der Waals surface area contributed by atoms with Crippen LogP contribution in [0.15, 0.2) is 31.1 Å². The summed E-state index contributed by atoms with van der Waals surface area (Å²) in [7, 11) is 0. The van der Waals surface area contributed by atoms with Crippen LogP contribution in [0.5, 0.6) is 0 Å². The summed E-state index contributed by atoms with van der Waals surface area (Å²) < 4.78 is 0.